The van der Waals surface area contributed by atoms with Gasteiger partial charge in [0.2, 0.25) is 0 Å². The molecule has 5 N–H and O–H groups in total. The summed E-state index contributed by atoms with van der Waals surface area (Å²) in [4.78, 5) is 19.3. The van der Waals surface area contributed by atoms with E-state index in [4.69, 9.17) is 31.3 Å². The molecule has 31 heavy (non-hydrogen) atoms. The Morgan fingerprint density at radius 1 is 1.32 bits per heavy atom. The van der Waals surface area contributed by atoms with Crippen LogP contribution in [0.1, 0.15) is 73.0 Å². The van der Waals surface area contributed by atoms with Crippen LogP contribution >= 0.6 is 6.72 Å². The standard InChI is InChI=1S/C19H34N5O5PS/c1-10-22-15(20)12-16(23-10)24(9-21-12)17-13(25)14(11(27-17)8-18(2,3)4)28-30(26,31)29-19(5,6)7/h9,11,13-15,17,25H,8,20H2,1-7H3,(H,22,23)(H,26,31)/t11-,13?,14+,15?,17-,30?/m1/s1. The molecule has 1 aromatic heterocycles. The topological polar surface area (TPSA) is 136 Å². The Hall–Kier alpha value is -0.910. The van der Waals surface area contributed by atoms with Gasteiger partial charge in [-0.15, -0.1) is 0 Å². The van der Waals surface area contributed by atoms with Gasteiger partial charge in [0.15, 0.2) is 6.23 Å². The molecule has 0 saturated carbocycles. The van der Waals surface area contributed by atoms with Crippen molar-refractivity contribution in [2.45, 2.75) is 91.2 Å². The molecule has 2 aliphatic heterocycles. The van der Waals surface area contributed by atoms with E-state index in [0.717, 1.165) is 0 Å². The van der Waals surface area contributed by atoms with Gasteiger partial charge in [0.05, 0.1) is 18.0 Å². The maximum atomic E-state index is 11.2. The molecule has 10 nitrogen and oxygen atoms in total. The quantitative estimate of drug-likeness (QED) is 0.474. The van der Waals surface area contributed by atoms with Crippen molar-refractivity contribution in [3.05, 3.63) is 12.0 Å². The second-order valence-corrected chi connectivity index (χ2v) is 12.9. The number of imidazole rings is 1. The van der Waals surface area contributed by atoms with Gasteiger partial charge in [-0.1, -0.05) is 20.8 Å². The number of nitrogens with two attached hydrogens (primary N) is 1. The number of fused-ring (bicyclic) bond motifs is 1. The van der Waals surface area contributed by atoms with Crippen molar-refractivity contribution < 1.29 is 23.8 Å². The van der Waals surface area contributed by atoms with Crippen LogP contribution in [-0.4, -0.2) is 49.3 Å². The summed E-state index contributed by atoms with van der Waals surface area (Å²) in [6.07, 6.45) is -1.82. The third kappa shape index (κ3) is 5.91. The lowest BCUT2D eigenvalue weighted by Gasteiger charge is -2.31. The molecule has 0 spiro atoms. The Labute approximate surface area is 188 Å². The number of rotatable bonds is 5. The average Bonchev–Trinajstić information content (AvgIpc) is 3.07. The number of aliphatic hydroxyl groups is 1. The monoisotopic (exact) mass is 475 g/mol. The number of anilines is 1. The summed E-state index contributed by atoms with van der Waals surface area (Å²) < 4.78 is 19.4. The fourth-order valence-electron chi connectivity index (χ4n) is 3.76. The van der Waals surface area contributed by atoms with Crippen LogP contribution in [0.3, 0.4) is 0 Å². The molecule has 3 unspecified atom stereocenters. The van der Waals surface area contributed by atoms with E-state index in [1.54, 1.807) is 38.6 Å². The fraction of sp³-hybridized carbons (Fsp3) is 0.789. The van der Waals surface area contributed by atoms with Crippen molar-refractivity contribution in [2.75, 3.05) is 5.32 Å². The summed E-state index contributed by atoms with van der Waals surface area (Å²) in [5.74, 6) is 1.24. The second-order valence-electron chi connectivity index (χ2n) is 10.2. The number of nitrogens with one attached hydrogen (secondary N) is 1. The minimum Gasteiger partial charge on any atom is -0.386 e. The van der Waals surface area contributed by atoms with E-state index in [1.807, 2.05) is 0 Å². The van der Waals surface area contributed by atoms with Gasteiger partial charge < -0.3 is 30.3 Å². The fourth-order valence-corrected chi connectivity index (χ4v) is 6.03. The van der Waals surface area contributed by atoms with E-state index in [2.05, 4.69) is 36.1 Å². The number of aliphatic hydroxyl groups excluding tert-OH is 1. The number of aromatic nitrogens is 2. The summed E-state index contributed by atoms with van der Waals surface area (Å²) in [7, 11) is 0. The van der Waals surface area contributed by atoms with Crippen LogP contribution in [0, 0.1) is 5.41 Å². The van der Waals surface area contributed by atoms with E-state index < -0.39 is 43.0 Å². The van der Waals surface area contributed by atoms with Gasteiger partial charge in [0.1, 0.15) is 35.7 Å². The maximum absolute atomic E-state index is 11.2. The normalized spacial score (nSPS) is 31.0. The lowest BCUT2D eigenvalue weighted by molar-refractivity contribution is -0.0465. The van der Waals surface area contributed by atoms with Crippen molar-refractivity contribution in [1.82, 2.24) is 9.55 Å². The van der Waals surface area contributed by atoms with Gasteiger partial charge in [-0.25, -0.2) is 9.98 Å². The molecule has 0 radical (unpaired) electrons. The molecule has 1 aromatic rings. The van der Waals surface area contributed by atoms with Gasteiger partial charge in [-0.3, -0.25) is 9.09 Å². The van der Waals surface area contributed by atoms with Crippen molar-refractivity contribution in [1.29, 1.82) is 0 Å². The molecular weight excluding hydrogens is 441 g/mol. The Balaban J connectivity index is 1.91. The Bertz CT molecular complexity index is 893. The highest BCUT2D eigenvalue weighted by Crippen LogP contribution is 2.52. The van der Waals surface area contributed by atoms with Gasteiger partial charge in [0, 0.05) is 0 Å². The molecule has 12 heteroatoms. The van der Waals surface area contributed by atoms with E-state index in [1.165, 1.54) is 0 Å². The van der Waals surface area contributed by atoms with Gasteiger partial charge in [-0.2, -0.15) is 0 Å². The molecule has 2 aliphatic rings. The molecule has 0 aromatic carbocycles. The third-order valence-electron chi connectivity index (χ3n) is 4.78. The van der Waals surface area contributed by atoms with Crippen molar-refractivity contribution >= 4 is 30.2 Å². The van der Waals surface area contributed by atoms with Crippen LogP contribution in [-0.2, 0) is 25.6 Å². The first-order chi connectivity index (χ1) is 14.1. The van der Waals surface area contributed by atoms with E-state index >= 15 is 0 Å². The molecule has 176 valence electrons. The van der Waals surface area contributed by atoms with Crippen molar-refractivity contribution in [2.24, 2.45) is 16.1 Å². The highest BCUT2D eigenvalue weighted by Gasteiger charge is 2.50. The van der Waals surface area contributed by atoms with Crippen molar-refractivity contribution in [3.63, 3.8) is 0 Å². The zero-order valence-electron chi connectivity index (χ0n) is 19.1. The number of ether oxygens (including phenoxy) is 1. The molecule has 3 rings (SSSR count). The molecule has 1 fully saturated rings. The number of hydrogen-bond donors (Lipinski definition) is 4. The van der Waals surface area contributed by atoms with E-state index in [9.17, 15) is 10.00 Å². The number of nitrogens with zero attached hydrogens (tertiary/aromatic N) is 3. The smallest absolute Gasteiger partial charge is 0.325 e. The molecule has 0 aliphatic carbocycles. The third-order valence-corrected chi connectivity index (χ3v) is 6.55. The van der Waals surface area contributed by atoms with Crippen LogP contribution in [0.2, 0.25) is 0 Å². The lowest BCUT2D eigenvalue weighted by atomic mass is 9.87. The first-order valence-electron chi connectivity index (χ1n) is 10.3. The average molecular weight is 476 g/mol. The molecule has 1 saturated heterocycles. The summed E-state index contributed by atoms with van der Waals surface area (Å²) in [5.41, 5.74) is 5.81. The maximum Gasteiger partial charge on any atom is 0.325 e. The molecule has 0 amide bonds. The highest BCUT2D eigenvalue weighted by molar-refractivity contribution is 8.07. The SMILES string of the molecule is CC1=NC(N)c2ncn([C@@H]3O[C@H](CC(C)(C)C)[C@H](OP(O)(=S)OC(C)(C)C)C3O)c2N1. The summed E-state index contributed by atoms with van der Waals surface area (Å²) in [6, 6.07) is 0. The first kappa shape index (κ1) is 24.7. The van der Waals surface area contributed by atoms with Crippen LogP contribution in [0.5, 0.6) is 0 Å². The van der Waals surface area contributed by atoms with Crippen LogP contribution < -0.4 is 11.1 Å². The van der Waals surface area contributed by atoms with Gasteiger partial charge in [-0.05, 0) is 51.3 Å². The minimum atomic E-state index is -3.64. The number of amidine groups is 1. The summed E-state index contributed by atoms with van der Waals surface area (Å²) >= 11 is 5.23. The van der Waals surface area contributed by atoms with E-state index in [0.29, 0.717) is 23.8 Å². The summed E-state index contributed by atoms with van der Waals surface area (Å²) in [5, 5.41) is 14.3. The highest BCUT2D eigenvalue weighted by atomic mass is 32.5. The zero-order valence-corrected chi connectivity index (χ0v) is 20.8. The van der Waals surface area contributed by atoms with Gasteiger partial charge in [0.25, 0.3) is 0 Å². The van der Waals surface area contributed by atoms with Crippen LogP contribution in [0.15, 0.2) is 11.3 Å². The number of hydrogen-bond acceptors (Lipinski definition) is 9. The second kappa shape index (κ2) is 8.46. The Morgan fingerprint density at radius 2 is 1.97 bits per heavy atom. The minimum absolute atomic E-state index is 0.123. The molecule has 3 heterocycles. The van der Waals surface area contributed by atoms with Crippen molar-refractivity contribution in [3.8, 4) is 0 Å². The largest absolute Gasteiger partial charge is 0.386 e. The lowest BCUT2D eigenvalue weighted by Crippen LogP contribution is -2.36. The molecule has 0 bridgehead atoms. The summed E-state index contributed by atoms with van der Waals surface area (Å²) in [6.45, 7) is 9.69. The van der Waals surface area contributed by atoms with E-state index in [-0.39, 0.29) is 5.41 Å². The van der Waals surface area contributed by atoms with Crippen LogP contribution in [0.4, 0.5) is 5.82 Å². The van der Waals surface area contributed by atoms with Gasteiger partial charge >= 0.3 is 6.72 Å². The molecular formula is C19H34N5O5PS. The predicted molar refractivity (Wildman–Crippen MR) is 122 cm³/mol. The predicted octanol–water partition coefficient (Wildman–Crippen LogP) is 2.80. The molecule has 6 atom stereocenters. The number of aliphatic imine (C=N–C) groups is 1. The first-order valence-corrected chi connectivity index (χ1v) is 12.8. The Kier molecular flexibility index (Phi) is 6.75. The Morgan fingerprint density at radius 3 is 2.55 bits per heavy atom. The van der Waals surface area contributed by atoms with Crippen LogP contribution in [0.25, 0.3) is 0 Å². The zero-order chi connectivity index (χ0) is 23.4.